The molecule has 1 aromatic rings. The highest BCUT2D eigenvalue weighted by molar-refractivity contribution is 5.97. The zero-order valence-corrected chi connectivity index (χ0v) is 19.8. The summed E-state index contributed by atoms with van der Waals surface area (Å²) in [7, 11) is 5.12. The molecule has 2 rings (SSSR count). The molecular formula is C23H36N4O4. The van der Waals surface area contributed by atoms with E-state index in [2.05, 4.69) is 5.32 Å². The molecule has 1 aliphatic heterocycles. The molecule has 172 valence electrons. The summed E-state index contributed by atoms with van der Waals surface area (Å²) in [5.41, 5.74) is 1.51. The van der Waals surface area contributed by atoms with Crippen LogP contribution in [0.2, 0.25) is 0 Å². The maximum absolute atomic E-state index is 12.9. The van der Waals surface area contributed by atoms with Crippen LogP contribution in [0.5, 0.6) is 0 Å². The molecule has 1 aliphatic rings. The first-order valence-corrected chi connectivity index (χ1v) is 10.7. The first-order valence-electron chi connectivity index (χ1n) is 10.7. The van der Waals surface area contributed by atoms with Gasteiger partial charge < -0.3 is 24.8 Å². The molecule has 1 unspecified atom stereocenters. The molecule has 1 N–H and O–H groups in total. The maximum atomic E-state index is 12.9. The van der Waals surface area contributed by atoms with Gasteiger partial charge in [-0.1, -0.05) is 6.07 Å². The van der Waals surface area contributed by atoms with Gasteiger partial charge in [0.15, 0.2) is 0 Å². The maximum Gasteiger partial charge on any atom is 0.410 e. The largest absolute Gasteiger partial charge is 0.444 e. The van der Waals surface area contributed by atoms with E-state index in [0.717, 1.165) is 18.4 Å². The molecule has 0 aliphatic carbocycles. The van der Waals surface area contributed by atoms with Gasteiger partial charge in [-0.25, -0.2) is 9.59 Å². The topological polar surface area (TPSA) is 82.2 Å². The van der Waals surface area contributed by atoms with Crippen molar-refractivity contribution in [3.05, 3.63) is 29.3 Å². The average molecular weight is 433 g/mol. The van der Waals surface area contributed by atoms with Gasteiger partial charge in [-0.05, 0) is 64.2 Å². The van der Waals surface area contributed by atoms with Gasteiger partial charge in [0, 0.05) is 52.0 Å². The number of nitrogens with zero attached hydrogens (tertiary/aromatic N) is 3. The molecule has 1 atom stereocenters. The predicted octanol–water partition coefficient (Wildman–Crippen LogP) is 3.81. The number of amides is 4. The van der Waals surface area contributed by atoms with E-state index >= 15 is 0 Å². The minimum Gasteiger partial charge on any atom is -0.444 e. The lowest BCUT2D eigenvalue weighted by Gasteiger charge is -2.35. The first-order chi connectivity index (χ1) is 14.4. The SMILES string of the molecule is Cc1ccc(C(=O)N(C)C)cc1NC(=O)N1CCCC(CN(C)C(=O)OC(C)(C)C)C1. The van der Waals surface area contributed by atoms with Gasteiger partial charge in [0.25, 0.3) is 5.91 Å². The fraction of sp³-hybridized carbons (Fsp3) is 0.609. The Morgan fingerprint density at radius 3 is 2.48 bits per heavy atom. The summed E-state index contributed by atoms with van der Waals surface area (Å²) < 4.78 is 5.42. The number of hydrogen-bond acceptors (Lipinski definition) is 4. The lowest BCUT2D eigenvalue weighted by molar-refractivity contribution is 0.0253. The number of carbonyl (C=O) groups excluding carboxylic acids is 3. The Labute approximate surface area is 185 Å². The molecule has 0 spiro atoms. The molecule has 0 bridgehead atoms. The van der Waals surface area contributed by atoms with Crippen LogP contribution in [0, 0.1) is 12.8 Å². The van der Waals surface area contributed by atoms with E-state index in [0.29, 0.717) is 30.9 Å². The highest BCUT2D eigenvalue weighted by Gasteiger charge is 2.27. The highest BCUT2D eigenvalue weighted by Crippen LogP contribution is 2.22. The third-order valence-corrected chi connectivity index (χ3v) is 5.18. The highest BCUT2D eigenvalue weighted by atomic mass is 16.6. The first kappa shape index (κ1) is 24.5. The van der Waals surface area contributed by atoms with Crippen LogP contribution in [0.1, 0.15) is 49.5 Å². The number of nitrogens with one attached hydrogen (secondary N) is 1. The summed E-state index contributed by atoms with van der Waals surface area (Å²) in [4.78, 5) is 42.2. The second kappa shape index (κ2) is 10.0. The standard InChI is InChI=1S/C23H36N4O4/c1-16-10-11-18(20(28)25(5)6)13-19(16)24-21(29)27-12-8-9-17(15-27)14-26(7)22(30)31-23(2,3)4/h10-11,13,17H,8-9,12,14-15H2,1-7H3,(H,24,29). The quantitative estimate of drug-likeness (QED) is 0.784. The average Bonchev–Trinajstić information content (AvgIpc) is 2.67. The Morgan fingerprint density at radius 2 is 1.87 bits per heavy atom. The van der Waals surface area contributed by atoms with E-state index in [1.807, 2.05) is 33.8 Å². The van der Waals surface area contributed by atoms with Crippen LogP contribution in [0.4, 0.5) is 15.3 Å². The van der Waals surface area contributed by atoms with E-state index in [1.54, 1.807) is 43.1 Å². The van der Waals surface area contributed by atoms with Crippen molar-refractivity contribution in [1.29, 1.82) is 0 Å². The third kappa shape index (κ3) is 7.15. The van der Waals surface area contributed by atoms with Gasteiger partial charge >= 0.3 is 12.1 Å². The van der Waals surface area contributed by atoms with E-state index in [9.17, 15) is 14.4 Å². The van der Waals surface area contributed by atoms with Crippen LogP contribution in [0.25, 0.3) is 0 Å². The molecule has 1 saturated heterocycles. The Morgan fingerprint density at radius 1 is 1.19 bits per heavy atom. The molecule has 0 saturated carbocycles. The number of aryl methyl sites for hydroxylation is 1. The van der Waals surface area contributed by atoms with Crippen molar-refractivity contribution in [3.8, 4) is 0 Å². The summed E-state index contributed by atoms with van der Waals surface area (Å²) in [6.45, 7) is 9.18. The van der Waals surface area contributed by atoms with Gasteiger partial charge in [-0.15, -0.1) is 0 Å². The minimum atomic E-state index is -0.538. The minimum absolute atomic E-state index is 0.112. The summed E-state index contributed by atoms with van der Waals surface area (Å²) in [5, 5.41) is 2.95. The van der Waals surface area contributed by atoms with Crippen LogP contribution in [0.3, 0.4) is 0 Å². The molecular weight excluding hydrogens is 396 g/mol. The van der Waals surface area contributed by atoms with Gasteiger partial charge in [0.2, 0.25) is 0 Å². The molecule has 31 heavy (non-hydrogen) atoms. The van der Waals surface area contributed by atoms with Gasteiger partial charge in [0.05, 0.1) is 0 Å². The third-order valence-electron chi connectivity index (χ3n) is 5.18. The van der Waals surface area contributed by atoms with Crippen molar-refractivity contribution >= 4 is 23.7 Å². The zero-order valence-electron chi connectivity index (χ0n) is 19.8. The monoisotopic (exact) mass is 432 g/mol. The number of hydrogen-bond donors (Lipinski definition) is 1. The smallest absolute Gasteiger partial charge is 0.410 e. The number of ether oxygens (including phenoxy) is 1. The van der Waals surface area contributed by atoms with Gasteiger partial charge in [-0.3, -0.25) is 4.79 Å². The lowest BCUT2D eigenvalue weighted by atomic mass is 9.98. The summed E-state index contributed by atoms with van der Waals surface area (Å²) >= 11 is 0. The van der Waals surface area contributed by atoms with Crippen molar-refractivity contribution in [3.63, 3.8) is 0 Å². The number of urea groups is 1. The molecule has 8 nitrogen and oxygen atoms in total. The number of benzene rings is 1. The Kier molecular flexibility index (Phi) is 7.92. The molecule has 0 aromatic heterocycles. The van der Waals surface area contributed by atoms with Crippen molar-refractivity contribution in [1.82, 2.24) is 14.7 Å². The summed E-state index contributed by atoms with van der Waals surface area (Å²) in [5.74, 6) is 0.0680. The molecule has 1 aromatic carbocycles. The van der Waals surface area contributed by atoms with Gasteiger partial charge in [-0.2, -0.15) is 0 Å². The second-order valence-electron chi connectivity index (χ2n) is 9.47. The van der Waals surface area contributed by atoms with Crippen molar-refractivity contribution in [2.24, 2.45) is 5.92 Å². The van der Waals surface area contributed by atoms with Crippen LogP contribution in [-0.2, 0) is 4.74 Å². The van der Waals surface area contributed by atoms with Crippen molar-refractivity contribution in [2.45, 2.75) is 46.1 Å². The van der Waals surface area contributed by atoms with Crippen LogP contribution in [0.15, 0.2) is 18.2 Å². The fourth-order valence-corrected chi connectivity index (χ4v) is 3.54. The van der Waals surface area contributed by atoms with E-state index < -0.39 is 5.60 Å². The second-order valence-corrected chi connectivity index (χ2v) is 9.47. The van der Waals surface area contributed by atoms with E-state index in [-0.39, 0.29) is 23.9 Å². The molecule has 4 amide bonds. The molecule has 0 radical (unpaired) electrons. The fourth-order valence-electron chi connectivity index (χ4n) is 3.54. The molecule has 1 fully saturated rings. The van der Waals surface area contributed by atoms with E-state index in [4.69, 9.17) is 4.74 Å². The zero-order chi connectivity index (χ0) is 23.3. The molecule has 8 heteroatoms. The predicted molar refractivity (Wildman–Crippen MR) is 121 cm³/mol. The Balaban J connectivity index is 1.99. The van der Waals surface area contributed by atoms with E-state index in [1.165, 1.54) is 4.90 Å². The molecule has 1 heterocycles. The summed E-state index contributed by atoms with van der Waals surface area (Å²) in [6, 6.07) is 5.12. The number of anilines is 1. The van der Waals surface area contributed by atoms with Crippen molar-refractivity contribution < 1.29 is 19.1 Å². The van der Waals surface area contributed by atoms with Crippen LogP contribution < -0.4 is 5.32 Å². The Hall–Kier alpha value is -2.77. The number of carbonyl (C=O) groups is 3. The lowest BCUT2D eigenvalue weighted by Crippen LogP contribution is -2.46. The Bertz CT molecular complexity index is 816. The number of rotatable bonds is 4. The summed E-state index contributed by atoms with van der Waals surface area (Å²) in [6.07, 6.45) is 1.47. The van der Waals surface area contributed by atoms with Crippen LogP contribution in [-0.4, -0.2) is 79.1 Å². The van der Waals surface area contributed by atoms with Crippen molar-refractivity contribution in [2.75, 3.05) is 46.1 Å². The number of piperidine rings is 1. The number of likely N-dealkylation sites (tertiary alicyclic amines) is 1. The van der Waals surface area contributed by atoms with Crippen LogP contribution >= 0.6 is 0 Å². The van der Waals surface area contributed by atoms with Gasteiger partial charge in [0.1, 0.15) is 5.60 Å². The normalized spacial score (nSPS) is 16.5.